The quantitative estimate of drug-likeness (QED) is 0.794. The fourth-order valence-electron chi connectivity index (χ4n) is 3.66. The molecule has 2 aliphatic rings. The molecule has 1 aliphatic carbocycles. The molecule has 0 bridgehead atoms. The minimum atomic E-state index is 0.600. The highest BCUT2D eigenvalue weighted by molar-refractivity contribution is 6.29. The van der Waals surface area contributed by atoms with Crippen molar-refractivity contribution in [1.29, 1.82) is 0 Å². The summed E-state index contributed by atoms with van der Waals surface area (Å²) in [5, 5.41) is 0.600. The first kappa shape index (κ1) is 15.3. The zero-order valence-electron chi connectivity index (χ0n) is 12.8. The van der Waals surface area contributed by atoms with E-state index in [-0.39, 0.29) is 0 Å². The van der Waals surface area contributed by atoms with Crippen molar-refractivity contribution >= 4 is 11.6 Å². The molecular weight excluding hydrogens is 282 g/mol. The maximum absolute atomic E-state index is 5.96. The highest BCUT2D eigenvalue weighted by Crippen LogP contribution is 2.24. The van der Waals surface area contributed by atoms with E-state index in [4.69, 9.17) is 11.6 Å². The van der Waals surface area contributed by atoms with Crippen molar-refractivity contribution in [2.75, 3.05) is 32.7 Å². The summed E-state index contributed by atoms with van der Waals surface area (Å²) in [5.41, 5.74) is 1.27. The van der Waals surface area contributed by atoms with Crippen LogP contribution in [0.2, 0.25) is 5.15 Å². The monoisotopic (exact) mass is 307 g/mol. The number of hydrogen-bond donors (Lipinski definition) is 0. The van der Waals surface area contributed by atoms with Crippen LogP contribution in [-0.2, 0) is 6.54 Å². The van der Waals surface area contributed by atoms with Crippen LogP contribution in [0.25, 0.3) is 0 Å². The lowest BCUT2D eigenvalue weighted by molar-refractivity contribution is 0.105. The maximum atomic E-state index is 5.96. The summed E-state index contributed by atoms with van der Waals surface area (Å²) in [6.07, 6.45) is 9.07. The van der Waals surface area contributed by atoms with E-state index in [0.29, 0.717) is 5.15 Å². The molecule has 0 N–H and O–H groups in total. The second kappa shape index (κ2) is 7.57. The van der Waals surface area contributed by atoms with Crippen LogP contribution in [0, 0.1) is 5.92 Å². The molecule has 0 unspecified atom stereocenters. The van der Waals surface area contributed by atoms with Crippen molar-refractivity contribution < 1.29 is 0 Å². The SMILES string of the molecule is Clc1cc(CN2CCN(CC3CCCCC3)CC2)ccn1. The number of pyridine rings is 1. The molecule has 1 aromatic heterocycles. The van der Waals surface area contributed by atoms with Crippen molar-refractivity contribution in [3.05, 3.63) is 29.0 Å². The normalized spacial score (nSPS) is 22.5. The van der Waals surface area contributed by atoms with Crippen LogP contribution in [0.5, 0.6) is 0 Å². The van der Waals surface area contributed by atoms with E-state index >= 15 is 0 Å². The van der Waals surface area contributed by atoms with Crippen LogP contribution in [0.1, 0.15) is 37.7 Å². The molecule has 1 saturated heterocycles. The fourth-order valence-corrected chi connectivity index (χ4v) is 3.86. The largest absolute Gasteiger partial charge is 0.301 e. The topological polar surface area (TPSA) is 19.4 Å². The van der Waals surface area contributed by atoms with Crippen molar-refractivity contribution in [3.8, 4) is 0 Å². The Kier molecular flexibility index (Phi) is 5.50. The van der Waals surface area contributed by atoms with Crippen LogP contribution in [0.3, 0.4) is 0 Å². The smallest absolute Gasteiger partial charge is 0.129 e. The van der Waals surface area contributed by atoms with Gasteiger partial charge in [0.1, 0.15) is 5.15 Å². The molecule has 0 aromatic carbocycles. The molecule has 1 saturated carbocycles. The Labute approximate surface area is 133 Å². The molecule has 0 radical (unpaired) electrons. The van der Waals surface area contributed by atoms with Gasteiger partial charge in [-0.25, -0.2) is 4.98 Å². The van der Waals surface area contributed by atoms with Crippen LogP contribution in [0.4, 0.5) is 0 Å². The molecule has 2 heterocycles. The van der Waals surface area contributed by atoms with E-state index in [1.807, 2.05) is 6.07 Å². The van der Waals surface area contributed by atoms with E-state index in [9.17, 15) is 0 Å². The molecule has 0 amide bonds. The molecular formula is C17H26ClN3. The van der Waals surface area contributed by atoms with E-state index in [1.165, 1.54) is 70.4 Å². The van der Waals surface area contributed by atoms with Gasteiger partial charge in [0, 0.05) is 45.5 Å². The zero-order valence-corrected chi connectivity index (χ0v) is 13.6. The predicted molar refractivity (Wildman–Crippen MR) is 87.5 cm³/mol. The standard InChI is InChI=1S/C17H26ClN3/c18-17-12-16(6-7-19-17)14-21-10-8-20(9-11-21)13-15-4-2-1-3-5-15/h6-7,12,15H,1-5,8-11,13-14H2. The number of rotatable bonds is 4. The lowest BCUT2D eigenvalue weighted by Crippen LogP contribution is -2.47. The van der Waals surface area contributed by atoms with Crippen molar-refractivity contribution in [1.82, 2.24) is 14.8 Å². The molecule has 2 fully saturated rings. The van der Waals surface area contributed by atoms with Gasteiger partial charge in [0.05, 0.1) is 0 Å². The van der Waals surface area contributed by atoms with E-state index in [0.717, 1.165) is 12.5 Å². The van der Waals surface area contributed by atoms with Gasteiger partial charge in [-0.15, -0.1) is 0 Å². The summed E-state index contributed by atoms with van der Waals surface area (Å²) < 4.78 is 0. The Balaban J connectivity index is 1.42. The third kappa shape index (κ3) is 4.67. The average Bonchev–Trinajstić information content (AvgIpc) is 2.50. The first-order chi connectivity index (χ1) is 10.3. The third-order valence-corrected chi connectivity index (χ3v) is 5.11. The molecule has 1 aliphatic heterocycles. The van der Waals surface area contributed by atoms with Gasteiger partial charge in [-0.05, 0) is 36.5 Å². The van der Waals surface area contributed by atoms with E-state index in [2.05, 4.69) is 20.9 Å². The fraction of sp³-hybridized carbons (Fsp3) is 0.706. The van der Waals surface area contributed by atoms with E-state index in [1.54, 1.807) is 6.20 Å². The van der Waals surface area contributed by atoms with Gasteiger partial charge in [-0.3, -0.25) is 4.90 Å². The number of aromatic nitrogens is 1. The molecule has 0 spiro atoms. The molecule has 4 heteroatoms. The van der Waals surface area contributed by atoms with Gasteiger partial charge in [0.2, 0.25) is 0 Å². The highest BCUT2D eigenvalue weighted by atomic mass is 35.5. The second-order valence-electron chi connectivity index (χ2n) is 6.57. The Hall–Kier alpha value is -0.640. The Bertz CT molecular complexity index is 437. The lowest BCUT2D eigenvalue weighted by atomic mass is 9.89. The maximum Gasteiger partial charge on any atom is 0.129 e. The van der Waals surface area contributed by atoms with Gasteiger partial charge in [0.25, 0.3) is 0 Å². The second-order valence-corrected chi connectivity index (χ2v) is 6.95. The van der Waals surface area contributed by atoms with Gasteiger partial charge in [-0.1, -0.05) is 30.9 Å². The predicted octanol–water partition coefficient (Wildman–Crippen LogP) is 3.43. The third-order valence-electron chi connectivity index (χ3n) is 4.90. The van der Waals surface area contributed by atoms with Gasteiger partial charge >= 0.3 is 0 Å². The Morgan fingerprint density at radius 1 is 1.05 bits per heavy atom. The van der Waals surface area contributed by atoms with Crippen LogP contribution in [0.15, 0.2) is 18.3 Å². The minimum Gasteiger partial charge on any atom is -0.301 e. The molecule has 3 rings (SSSR count). The van der Waals surface area contributed by atoms with E-state index < -0.39 is 0 Å². The van der Waals surface area contributed by atoms with Gasteiger partial charge in [-0.2, -0.15) is 0 Å². The summed E-state index contributed by atoms with van der Waals surface area (Å²) in [6, 6.07) is 4.05. The molecule has 0 atom stereocenters. The van der Waals surface area contributed by atoms with Crippen LogP contribution in [-0.4, -0.2) is 47.5 Å². The molecule has 1 aromatic rings. The summed E-state index contributed by atoms with van der Waals surface area (Å²) in [6.45, 7) is 7.11. The Morgan fingerprint density at radius 2 is 1.76 bits per heavy atom. The van der Waals surface area contributed by atoms with Gasteiger partial charge in [0.15, 0.2) is 0 Å². The van der Waals surface area contributed by atoms with Gasteiger partial charge < -0.3 is 4.90 Å². The number of halogens is 1. The number of piperazine rings is 1. The minimum absolute atomic E-state index is 0.600. The summed E-state index contributed by atoms with van der Waals surface area (Å²) in [7, 11) is 0. The first-order valence-corrected chi connectivity index (χ1v) is 8.72. The molecule has 3 nitrogen and oxygen atoms in total. The lowest BCUT2D eigenvalue weighted by Gasteiger charge is -2.37. The summed E-state index contributed by atoms with van der Waals surface area (Å²) in [5.74, 6) is 0.962. The number of hydrogen-bond acceptors (Lipinski definition) is 3. The van der Waals surface area contributed by atoms with Crippen molar-refractivity contribution in [2.24, 2.45) is 5.92 Å². The zero-order chi connectivity index (χ0) is 14.5. The Morgan fingerprint density at radius 3 is 2.48 bits per heavy atom. The molecule has 116 valence electrons. The molecule has 21 heavy (non-hydrogen) atoms. The van der Waals surface area contributed by atoms with Crippen molar-refractivity contribution in [3.63, 3.8) is 0 Å². The van der Waals surface area contributed by atoms with Crippen LogP contribution < -0.4 is 0 Å². The summed E-state index contributed by atoms with van der Waals surface area (Å²) in [4.78, 5) is 9.25. The highest BCUT2D eigenvalue weighted by Gasteiger charge is 2.21. The van der Waals surface area contributed by atoms with Crippen LogP contribution >= 0.6 is 11.6 Å². The average molecular weight is 308 g/mol. The van der Waals surface area contributed by atoms with Crippen molar-refractivity contribution in [2.45, 2.75) is 38.6 Å². The summed E-state index contributed by atoms with van der Waals surface area (Å²) >= 11 is 5.96. The number of nitrogens with zero attached hydrogens (tertiary/aromatic N) is 3. The first-order valence-electron chi connectivity index (χ1n) is 8.35.